The first-order valence-electron chi connectivity index (χ1n) is 5.67. The quantitative estimate of drug-likeness (QED) is 0.594. The summed E-state index contributed by atoms with van der Waals surface area (Å²) in [5.41, 5.74) is 0.222. The van der Waals surface area contributed by atoms with E-state index in [-0.39, 0.29) is 23.2 Å². The van der Waals surface area contributed by atoms with Gasteiger partial charge >= 0.3 is 5.97 Å². The number of esters is 1. The highest BCUT2D eigenvalue weighted by atomic mass is 32.1. The molecule has 1 rings (SSSR count). The average molecular weight is 272 g/mol. The van der Waals surface area contributed by atoms with E-state index in [0.717, 1.165) is 11.3 Å². The van der Waals surface area contributed by atoms with Crippen molar-refractivity contribution in [2.45, 2.75) is 13.8 Å². The first kappa shape index (κ1) is 14.6. The van der Waals surface area contributed by atoms with E-state index < -0.39 is 5.97 Å². The van der Waals surface area contributed by atoms with Gasteiger partial charge in [-0.05, 0) is 13.8 Å². The zero-order chi connectivity index (χ0) is 13.4. The third-order valence-corrected chi connectivity index (χ3v) is 2.75. The molecule has 0 aliphatic carbocycles. The summed E-state index contributed by atoms with van der Waals surface area (Å²) in [5.74, 6) is -0.822. The van der Waals surface area contributed by atoms with E-state index in [1.807, 2.05) is 6.92 Å². The van der Waals surface area contributed by atoms with E-state index >= 15 is 0 Å². The van der Waals surface area contributed by atoms with E-state index in [1.165, 1.54) is 5.38 Å². The Balaban J connectivity index is 2.46. The predicted molar refractivity (Wildman–Crippen MR) is 66.9 cm³/mol. The highest BCUT2D eigenvalue weighted by Gasteiger charge is 2.15. The third kappa shape index (κ3) is 4.42. The number of ether oxygens (including phenoxy) is 2. The summed E-state index contributed by atoms with van der Waals surface area (Å²) < 4.78 is 9.88. The number of carbonyl (C=O) groups is 2. The molecule has 1 aromatic rings. The molecule has 0 bridgehead atoms. The fourth-order valence-electron chi connectivity index (χ4n) is 1.14. The molecule has 0 aliphatic rings. The van der Waals surface area contributed by atoms with Gasteiger partial charge in [-0.2, -0.15) is 0 Å². The standard InChI is InChI=1S/C11H16N2O4S/c1-3-16-6-5-12-9(14)8-7-18-10(13-8)11(15)17-4-2/h7H,3-6H2,1-2H3,(H,12,14). The van der Waals surface area contributed by atoms with Crippen molar-refractivity contribution in [3.05, 3.63) is 16.1 Å². The lowest BCUT2D eigenvalue weighted by Crippen LogP contribution is -2.27. The minimum Gasteiger partial charge on any atom is -0.461 e. The molecule has 1 N–H and O–H groups in total. The minimum atomic E-state index is -0.504. The van der Waals surface area contributed by atoms with Gasteiger partial charge in [0.1, 0.15) is 5.69 Å². The van der Waals surface area contributed by atoms with Crippen LogP contribution in [0.15, 0.2) is 5.38 Å². The van der Waals surface area contributed by atoms with E-state index in [9.17, 15) is 9.59 Å². The number of nitrogens with one attached hydrogen (secondary N) is 1. The van der Waals surface area contributed by atoms with Crippen molar-refractivity contribution < 1.29 is 19.1 Å². The van der Waals surface area contributed by atoms with Crippen LogP contribution in [0.5, 0.6) is 0 Å². The Kier molecular flexibility index (Phi) is 6.31. The fraction of sp³-hybridized carbons (Fsp3) is 0.545. The summed E-state index contributed by atoms with van der Waals surface area (Å²) >= 11 is 1.09. The molecule has 0 fully saturated rings. The maximum absolute atomic E-state index is 11.6. The van der Waals surface area contributed by atoms with Crippen molar-refractivity contribution in [1.82, 2.24) is 10.3 Å². The van der Waals surface area contributed by atoms with Gasteiger partial charge in [-0.25, -0.2) is 9.78 Å². The minimum absolute atomic E-state index is 0.187. The smallest absolute Gasteiger partial charge is 0.367 e. The molecule has 0 radical (unpaired) electrons. The van der Waals surface area contributed by atoms with Gasteiger partial charge < -0.3 is 14.8 Å². The number of hydrogen-bond acceptors (Lipinski definition) is 6. The molecule has 1 heterocycles. The Morgan fingerprint density at radius 1 is 1.39 bits per heavy atom. The van der Waals surface area contributed by atoms with Gasteiger partial charge in [0.15, 0.2) is 0 Å². The van der Waals surface area contributed by atoms with Crippen LogP contribution in [0.3, 0.4) is 0 Å². The summed E-state index contributed by atoms with van der Waals surface area (Å²) in [4.78, 5) is 26.9. The van der Waals surface area contributed by atoms with Crippen LogP contribution in [0.25, 0.3) is 0 Å². The molecule has 0 spiro atoms. The number of hydrogen-bond donors (Lipinski definition) is 1. The molecule has 0 atom stereocenters. The summed E-state index contributed by atoms with van der Waals surface area (Å²) in [6.07, 6.45) is 0. The van der Waals surface area contributed by atoms with Gasteiger partial charge in [0.05, 0.1) is 13.2 Å². The molecule has 0 unspecified atom stereocenters. The van der Waals surface area contributed by atoms with E-state index in [2.05, 4.69) is 10.3 Å². The van der Waals surface area contributed by atoms with Crippen LogP contribution in [0.4, 0.5) is 0 Å². The lowest BCUT2D eigenvalue weighted by molar-refractivity contribution is 0.0526. The number of thiazole rings is 1. The predicted octanol–water partition coefficient (Wildman–Crippen LogP) is 1.09. The van der Waals surface area contributed by atoms with Crippen molar-refractivity contribution in [2.24, 2.45) is 0 Å². The molecule has 1 aromatic heterocycles. The number of amides is 1. The first-order valence-corrected chi connectivity index (χ1v) is 6.55. The van der Waals surface area contributed by atoms with Crippen LogP contribution >= 0.6 is 11.3 Å². The summed E-state index contributed by atoms with van der Waals surface area (Å²) in [5, 5.41) is 4.36. The second-order valence-electron chi connectivity index (χ2n) is 3.21. The zero-order valence-corrected chi connectivity index (χ0v) is 11.2. The number of nitrogens with zero attached hydrogens (tertiary/aromatic N) is 1. The van der Waals surface area contributed by atoms with Crippen LogP contribution in [-0.4, -0.2) is 43.2 Å². The maximum atomic E-state index is 11.6. The SMILES string of the molecule is CCOCCNC(=O)c1csc(C(=O)OCC)n1. The van der Waals surface area contributed by atoms with E-state index in [4.69, 9.17) is 9.47 Å². The maximum Gasteiger partial charge on any atom is 0.367 e. The first-order chi connectivity index (χ1) is 8.69. The molecule has 18 heavy (non-hydrogen) atoms. The summed E-state index contributed by atoms with van der Waals surface area (Å²) in [6.45, 7) is 5.37. The topological polar surface area (TPSA) is 77.5 Å². The fourth-order valence-corrected chi connectivity index (χ4v) is 1.83. The van der Waals surface area contributed by atoms with Gasteiger partial charge in [-0.3, -0.25) is 4.79 Å². The molecule has 0 saturated heterocycles. The Labute approximate surface area is 109 Å². The number of aromatic nitrogens is 1. The zero-order valence-electron chi connectivity index (χ0n) is 10.4. The van der Waals surface area contributed by atoms with E-state index in [0.29, 0.717) is 19.8 Å². The molecule has 6 nitrogen and oxygen atoms in total. The third-order valence-electron chi connectivity index (χ3n) is 1.92. The number of rotatable bonds is 7. The van der Waals surface area contributed by atoms with Gasteiger partial charge in [-0.15, -0.1) is 11.3 Å². The Hall–Kier alpha value is -1.47. The second-order valence-corrected chi connectivity index (χ2v) is 4.07. The molecular formula is C11H16N2O4S. The molecule has 1 amide bonds. The summed E-state index contributed by atoms with van der Waals surface area (Å²) in [6, 6.07) is 0. The highest BCUT2D eigenvalue weighted by molar-refractivity contribution is 7.11. The Bertz CT molecular complexity index is 406. The van der Waals surface area contributed by atoms with Crippen molar-refractivity contribution >= 4 is 23.2 Å². The van der Waals surface area contributed by atoms with Gasteiger partial charge in [0.25, 0.3) is 5.91 Å². The average Bonchev–Trinajstić information content (AvgIpc) is 2.84. The molecular weight excluding hydrogens is 256 g/mol. The van der Waals surface area contributed by atoms with Crippen LogP contribution in [0.1, 0.15) is 34.1 Å². The van der Waals surface area contributed by atoms with Crippen LogP contribution in [0, 0.1) is 0 Å². The molecule has 0 saturated carbocycles. The largest absolute Gasteiger partial charge is 0.461 e. The normalized spacial score (nSPS) is 10.1. The van der Waals surface area contributed by atoms with Gasteiger partial charge in [0, 0.05) is 18.5 Å². The van der Waals surface area contributed by atoms with Gasteiger partial charge in [-0.1, -0.05) is 0 Å². The van der Waals surface area contributed by atoms with Crippen LogP contribution < -0.4 is 5.32 Å². The van der Waals surface area contributed by atoms with Crippen molar-refractivity contribution in [3.8, 4) is 0 Å². The van der Waals surface area contributed by atoms with Crippen molar-refractivity contribution in [3.63, 3.8) is 0 Å². The monoisotopic (exact) mass is 272 g/mol. The lowest BCUT2D eigenvalue weighted by Gasteiger charge is -2.02. The van der Waals surface area contributed by atoms with E-state index in [1.54, 1.807) is 6.92 Å². The Morgan fingerprint density at radius 2 is 2.17 bits per heavy atom. The molecule has 100 valence electrons. The van der Waals surface area contributed by atoms with Gasteiger partial charge in [0.2, 0.25) is 5.01 Å². The van der Waals surface area contributed by atoms with Crippen LogP contribution in [-0.2, 0) is 9.47 Å². The summed E-state index contributed by atoms with van der Waals surface area (Å²) in [7, 11) is 0. The number of carbonyl (C=O) groups excluding carboxylic acids is 2. The highest BCUT2D eigenvalue weighted by Crippen LogP contribution is 2.10. The Morgan fingerprint density at radius 3 is 2.83 bits per heavy atom. The lowest BCUT2D eigenvalue weighted by atomic mass is 10.4. The molecule has 0 aromatic carbocycles. The molecule has 7 heteroatoms. The van der Waals surface area contributed by atoms with Crippen LogP contribution in [0.2, 0.25) is 0 Å². The molecule has 0 aliphatic heterocycles. The van der Waals surface area contributed by atoms with Crippen molar-refractivity contribution in [2.75, 3.05) is 26.4 Å². The second kappa shape index (κ2) is 7.78. The van der Waals surface area contributed by atoms with Crippen molar-refractivity contribution in [1.29, 1.82) is 0 Å².